The second kappa shape index (κ2) is 6.42. The van der Waals surface area contributed by atoms with Crippen LogP contribution in [-0.4, -0.2) is 15.7 Å². The molecule has 23 heavy (non-hydrogen) atoms. The van der Waals surface area contributed by atoms with Crippen molar-refractivity contribution >= 4 is 28.9 Å². The van der Waals surface area contributed by atoms with Gasteiger partial charge in [-0.1, -0.05) is 32.9 Å². The maximum absolute atomic E-state index is 12.4. The molecule has 0 amide bonds. The summed E-state index contributed by atoms with van der Waals surface area (Å²) in [6.07, 6.45) is 2.85. The van der Waals surface area contributed by atoms with Gasteiger partial charge in [0.25, 0.3) is 5.69 Å². The molecule has 0 bridgehead atoms. The van der Waals surface area contributed by atoms with Crippen molar-refractivity contribution in [3.05, 3.63) is 61.6 Å². The molecule has 0 aliphatic rings. The largest absolute Gasteiger partial charge is 0.288 e. The van der Waals surface area contributed by atoms with Crippen molar-refractivity contribution < 1.29 is 9.72 Å². The third-order valence-electron chi connectivity index (χ3n) is 3.21. The standard InChI is InChI=1S/C17H18N2O3S/c1-11-15(23-16(18-11)17(2,3)4)14(20)10-9-12-7-5-6-8-13(12)19(21)22/h5-10H,1-4H3/b10-9+. The molecule has 0 fully saturated rings. The van der Waals surface area contributed by atoms with Crippen molar-refractivity contribution in [1.29, 1.82) is 0 Å². The zero-order chi connectivity index (χ0) is 17.2. The quantitative estimate of drug-likeness (QED) is 0.357. The Morgan fingerprint density at radius 1 is 1.30 bits per heavy atom. The van der Waals surface area contributed by atoms with E-state index in [-0.39, 0.29) is 16.9 Å². The molecule has 0 saturated heterocycles. The number of allylic oxidation sites excluding steroid dienone is 1. The molecule has 0 spiro atoms. The van der Waals surface area contributed by atoms with Gasteiger partial charge in [0.2, 0.25) is 0 Å². The molecule has 2 aromatic rings. The van der Waals surface area contributed by atoms with Crippen LogP contribution in [0.5, 0.6) is 0 Å². The Morgan fingerprint density at radius 2 is 1.96 bits per heavy atom. The smallest absolute Gasteiger partial charge is 0.276 e. The highest BCUT2D eigenvalue weighted by atomic mass is 32.1. The number of nitro benzene ring substituents is 1. The van der Waals surface area contributed by atoms with Gasteiger partial charge >= 0.3 is 0 Å². The van der Waals surface area contributed by atoms with E-state index in [4.69, 9.17) is 0 Å². The van der Waals surface area contributed by atoms with Crippen molar-refractivity contribution in [1.82, 2.24) is 4.98 Å². The molecular weight excluding hydrogens is 312 g/mol. The van der Waals surface area contributed by atoms with Crippen LogP contribution in [0.15, 0.2) is 30.3 Å². The third-order valence-corrected chi connectivity index (χ3v) is 4.81. The molecule has 0 radical (unpaired) electrons. The summed E-state index contributed by atoms with van der Waals surface area (Å²) in [4.78, 5) is 27.9. The fourth-order valence-electron chi connectivity index (χ4n) is 1.98. The number of nitro groups is 1. The van der Waals surface area contributed by atoms with Crippen LogP contribution in [0.1, 0.15) is 46.7 Å². The van der Waals surface area contributed by atoms with E-state index < -0.39 is 4.92 Å². The number of carbonyl (C=O) groups is 1. The molecule has 0 N–H and O–H groups in total. The number of para-hydroxylation sites is 1. The molecule has 0 unspecified atom stereocenters. The number of thiazole rings is 1. The zero-order valence-corrected chi connectivity index (χ0v) is 14.3. The van der Waals surface area contributed by atoms with Crippen molar-refractivity contribution in [2.75, 3.05) is 0 Å². The van der Waals surface area contributed by atoms with E-state index in [1.807, 2.05) is 20.8 Å². The number of aryl methyl sites for hydroxylation is 1. The van der Waals surface area contributed by atoms with Gasteiger partial charge in [-0.2, -0.15) is 0 Å². The Bertz CT molecular complexity index is 785. The summed E-state index contributed by atoms with van der Waals surface area (Å²) in [6, 6.07) is 6.33. The Morgan fingerprint density at radius 3 is 2.52 bits per heavy atom. The molecule has 5 nitrogen and oxygen atoms in total. The topological polar surface area (TPSA) is 73.1 Å². The van der Waals surface area contributed by atoms with Crippen LogP contribution in [0.3, 0.4) is 0 Å². The second-order valence-corrected chi connectivity index (χ2v) is 7.20. The number of benzene rings is 1. The highest BCUT2D eigenvalue weighted by Crippen LogP contribution is 2.30. The first-order valence-electron chi connectivity index (χ1n) is 7.14. The number of hydrogen-bond donors (Lipinski definition) is 0. The van der Waals surface area contributed by atoms with Gasteiger partial charge in [-0.25, -0.2) is 4.98 Å². The first-order valence-corrected chi connectivity index (χ1v) is 7.95. The molecule has 0 atom stereocenters. The van der Waals surface area contributed by atoms with E-state index >= 15 is 0 Å². The minimum Gasteiger partial charge on any atom is -0.288 e. The average Bonchev–Trinajstić information content (AvgIpc) is 2.87. The molecule has 120 valence electrons. The van der Waals surface area contributed by atoms with E-state index in [0.29, 0.717) is 16.1 Å². The highest BCUT2D eigenvalue weighted by molar-refractivity contribution is 7.14. The zero-order valence-electron chi connectivity index (χ0n) is 13.5. The third kappa shape index (κ3) is 3.90. The summed E-state index contributed by atoms with van der Waals surface area (Å²) < 4.78 is 0. The van der Waals surface area contributed by atoms with Gasteiger partial charge in [-0.05, 0) is 25.1 Å². The predicted molar refractivity (Wildman–Crippen MR) is 92.0 cm³/mol. The normalized spacial score (nSPS) is 11.8. The number of rotatable bonds is 4. The van der Waals surface area contributed by atoms with Crippen molar-refractivity contribution in [3.8, 4) is 0 Å². The molecule has 1 aromatic heterocycles. The highest BCUT2D eigenvalue weighted by Gasteiger charge is 2.22. The lowest BCUT2D eigenvalue weighted by Gasteiger charge is -2.13. The summed E-state index contributed by atoms with van der Waals surface area (Å²) in [5.41, 5.74) is 0.963. The first-order chi connectivity index (χ1) is 10.7. The molecule has 6 heteroatoms. The number of ketones is 1. The minimum atomic E-state index is -0.459. The summed E-state index contributed by atoms with van der Waals surface area (Å²) in [6.45, 7) is 7.94. The van der Waals surface area contributed by atoms with E-state index in [2.05, 4.69) is 4.98 Å². The van der Waals surface area contributed by atoms with E-state index in [1.54, 1.807) is 25.1 Å². The molecule has 2 rings (SSSR count). The Labute approximate surface area is 138 Å². The average molecular weight is 330 g/mol. The van der Waals surface area contributed by atoms with Crippen molar-refractivity contribution in [2.45, 2.75) is 33.1 Å². The van der Waals surface area contributed by atoms with Crippen LogP contribution in [0.2, 0.25) is 0 Å². The molecular formula is C17H18N2O3S. The van der Waals surface area contributed by atoms with Crippen LogP contribution in [0.25, 0.3) is 6.08 Å². The van der Waals surface area contributed by atoms with Crippen LogP contribution < -0.4 is 0 Å². The van der Waals surface area contributed by atoms with Crippen LogP contribution in [-0.2, 0) is 5.41 Å². The number of nitrogens with zero attached hydrogens (tertiary/aromatic N) is 2. The lowest BCUT2D eigenvalue weighted by Crippen LogP contribution is -2.10. The second-order valence-electron chi connectivity index (χ2n) is 6.20. The Balaban J connectivity index is 2.30. The molecule has 0 saturated carbocycles. The maximum atomic E-state index is 12.4. The van der Waals surface area contributed by atoms with Gasteiger partial charge < -0.3 is 0 Å². The van der Waals surface area contributed by atoms with Gasteiger partial charge in [-0.15, -0.1) is 11.3 Å². The van der Waals surface area contributed by atoms with Crippen LogP contribution in [0, 0.1) is 17.0 Å². The monoisotopic (exact) mass is 330 g/mol. The molecule has 0 aliphatic heterocycles. The van der Waals surface area contributed by atoms with Crippen molar-refractivity contribution in [3.63, 3.8) is 0 Å². The molecule has 1 aromatic carbocycles. The fraction of sp³-hybridized carbons (Fsp3) is 0.294. The van der Waals surface area contributed by atoms with Gasteiger partial charge in [-0.3, -0.25) is 14.9 Å². The molecule has 0 aliphatic carbocycles. The van der Waals surface area contributed by atoms with E-state index in [0.717, 1.165) is 5.01 Å². The van der Waals surface area contributed by atoms with Crippen LogP contribution in [0.4, 0.5) is 5.69 Å². The lowest BCUT2D eigenvalue weighted by molar-refractivity contribution is -0.385. The van der Waals surface area contributed by atoms with E-state index in [9.17, 15) is 14.9 Å². The van der Waals surface area contributed by atoms with Crippen molar-refractivity contribution in [2.24, 2.45) is 0 Å². The minimum absolute atomic E-state index is 0.0204. The van der Waals surface area contributed by atoms with Gasteiger partial charge in [0, 0.05) is 11.5 Å². The summed E-state index contributed by atoms with van der Waals surface area (Å²) in [5, 5.41) is 11.9. The predicted octanol–water partition coefficient (Wildman–Crippen LogP) is 4.55. The van der Waals surface area contributed by atoms with Gasteiger partial charge in [0.1, 0.15) is 0 Å². The summed E-state index contributed by atoms with van der Waals surface area (Å²) in [5.74, 6) is -0.186. The SMILES string of the molecule is Cc1nc(C(C)(C)C)sc1C(=O)/C=C/c1ccccc1[N+](=O)[O-]. The fourth-order valence-corrected chi connectivity index (χ4v) is 3.03. The number of carbonyl (C=O) groups excluding carboxylic acids is 1. The first kappa shape index (κ1) is 17.0. The van der Waals surface area contributed by atoms with Gasteiger partial charge in [0.05, 0.1) is 26.1 Å². The number of aromatic nitrogens is 1. The summed E-state index contributed by atoms with van der Waals surface area (Å²) in [7, 11) is 0. The summed E-state index contributed by atoms with van der Waals surface area (Å²) >= 11 is 1.37. The molecule has 1 heterocycles. The number of hydrogen-bond acceptors (Lipinski definition) is 5. The van der Waals surface area contributed by atoms with Gasteiger partial charge in [0.15, 0.2) is 5.78 Å². The van der Waals surface area contributed by atoms with Crippen LogP contribution >= 0.6 is 11.3 Å². The van der Waals surface area contributed by atoms with E-state index in [1.165, 1.54) is 29.6 Å². The lowest BCUT2D eigenvalue weighted by atomic mass is 9.98. The Kier molecular flexibility index (Phi) is 4.75. The maximum Gasteiger partial charge on any atom is 0.276 e. The Hall–Kier alpha value is -2.34.